The molecule has 0 aromatic carbocycles. The van der Waals surface area contributed by atoms with Gasteiger partial charge in [-0.05, 0) is 32.6 Å². The number of aromatic nitrogens is 2. The molecule has 6 heteroatoms. The molecule has 0 bridgehead atoms. The van der Waals surface area contributed by atoms with Crippen molar-refractivity contribution < 1.29 is 9.90 Å². The molecule has 22 heavy (non-hydrogen) atoms. The predicted octanol–water partition coefficient (Wildman–Crippen LogP) is 2.20. The normalized spacial score (nSPS) is 30.3. The van der Waals surface area contributed by atoms with E-state index in [0.717, 1.165) is 44.2 Å². The molecule has 1 aliphatic carbocycles. The summed E-state index contributed by atoms with van der Waals surface area (Å²) in [6.45, 7) is 2.75. The Hall–Kier alpha value is -1.56. The second-order valence-electron chi connectivity index (χ2n) is 6.62. The fraction of sp³-hybridized carbons (Fsp3) is 0.750. The van der Waals surface area contributed by atoms with Crippen LogP contribution in [0.1, 0.15) is 57.1 Å². The third-order valence-electron chi connectivity index (χ3n) is 5.20. The summed E-state index contributed by atoms with van der Waals surface area (Å²) in [7, 11) is 0. The molecule has 1 saturated heterocycles. The minimum absolute atomic E-state index is 0.0195. The zero-order valence-electron chi connectivity index (χ0n) is 13.2. The zero-order chi connectivity index (χ0) is 15.5. The number of carbonyl (C=O) groups is 1. The van der Waals surface area contributed by atoms with Crippen LogP contribution >= 0.6 is 0 Å². The van der Waals surface area contributed by atoms with Crippen molar-refractivity contribution in [1.29, 1.82) is 0 Å². The average Bonchev–Trinajstić information content (AvgIpc) is 3.19. The van der Waals surface area contributed by atoms with Crippen LogP contribution in [0.5, 0.6) is 0 Å². The van der Waals surface area contributed by atoms with Gasteiger partial charge in [0.25, 0.3) is 0 Å². The number of H-pyrrole nitrogens is 1. The van der Waals surface area contributed by atoms with Gasteiger partial charge in [0.1, 0.15) is 0 Å². The second-order valence-corrected chi connectivity index (χ2v) is 6.62. The first-order chi connectivity index (χ1) is 10.7. The van der Waals surface area contributed by atoms with Gasteiger partial charge >= 0.3 is 6.03 Å². The summed E-state index contributed by atoms with van der Waals surface area (Å²) in [6.07, 6.45) is 9.51. The first kappa shape index (κ1) is 15.3. The molecule has 4 unspecified atom stereocenters. The van der Waals surface area contributed by atoms with Crippen LogP contribution in [0.2, 0.25) is 0 Å². The Balaban J connectivity index is 1.63. The maximum absolute atomic E-state index is 12.6. The van der Waals surface area contributed by atoms with Crippen LogP contribution in [0, 0.1) is 5.92 Å². The molecule has 4 atom stereocenters. The van der Waals surface area contributed by atoms with Gasteiger partial charge in [-0.15, -0.1) is 0 Å². The summed E-state index contributed by atoms with van der Waals surface area (Å²) in [4.78, 5) is 14.6. The van der Waals surface area contributed by atoms with Gasteiger partial charge in [-0.3, -0.25) is 5.10 Å². The summed E-state index contributed by atoms with van der Waals surface area (Å²) >= 11 is 0. The number of rotatable bonds is 3. The van der Waals surface area contributed by atoms with Crippen molar-refractivity contribution in [3.8, 4) is 0 Å². The first-order valence-electron chi connectivity index (χ1n) is 8.40. The molecule has 6 nitrogen and oxygen atoms in total. The topological polar surface area (TPSA) is 81.2 Å². The van der Waals surface area contributed by atoms with Crippen molar-refractivity contribution in [3.05, 3.63) is 18.0 Å². The first-order valence-corrected chi connectivity index (χ1v) is 8.40. The number of hydrogen-bond donors (Lipinski definition) is 3. The Bertz CT molecular complexity index is 490. The van der Waals surface area contributed by atoms with Crippen LogP contribution in [0.4, 0.5) is 4.79 Å². The maximum Gasteiger partial charge on any atom is 0.318 e. The van der Waals surface area contributed by atoms with E-state index in [1.54, 1.807) is 12.4 Å². The Labute approximate surface area is 131 Å². The summed E-state index contributed by atoms with van der Waals surface area (Å²) in [5.41, 5.74) is 0.974. The number of amides is 2. The van der Waals surface area contributed by atoms with Crippen LogP contribution in [-0.2, 0) is 0 Å². The smallest absolute Gasteiger partial charge is 0.318 e. The molecule has 1 aromatic rings. The SMILES string of the molecule is CC(NC(=O)N1CCCC1C1CCCCC1O)c1cn[nH]c1. The number of nitrogens with zero attached hydrogens (tertiary/aromatic N) is 2. The second kappa shape index (κ2) is 6.69. The fourth-order valence-corrected chi connectivity index (χ4v) is 3.93. The number of urea groups is 1. The Morgan fingerprint density at radius 1 is 1.41 bits per heavy atom. The van der Waals surface area contributed by atoms with E-state index < -0.39 is 0 Å². The third-order valence-corrected chi connectivity index (χ3v) is 5.20. The van der Waals surface area contributed by atoms with Gasteiger partial charge in [0.05, 0.1) is 18.3 Å². The van der Waals surface area contributed by atoms with E-state index in [1.165, 1.54) is 6.42 Å². The third kappa shape index (κ3) is 3.11. The highest BCUT2D eigenvalue weighted by molar-refractivity contribution is 5.75. The number of carbonyl (C=O) groups excluding carboxylic acids is 1. The molecule has 3 N–H and O–H groups in total. The minimum Gasteiger partial charge on any atom is -0.393 e. The van der Waals surface area contributed by atoms with E-state index in [1.807, 2.05) is 11.8 Å². The molecule has 3 rings (SSSR count). The van der Waals surface area contributed by atoms with E-state index >= 15 is 0 Å². The molecule has 1 aliphatic heterocycles. The van der Waals surface area contributed by atoms with E-state index in [9.17, 15) is 9.90 Å². The summed E-state index contributed by atoms with van der Waals surface area (Å²) in [6, 6.07) is 0.101. The number of aliphatic hydroxyl groups excluding tert-OH is 1. The van der Waals surface area contributed by atoms with Crippen LogP contribution in [0.3, 0.4) is 0 Å². The molecule has 2 heterocycles. The minimum atomic E-state index is -0.251. The van der Waals surface area contributed by atoms with E-state index in [0.29, 0.717) is 0 Å². The van der Waals surface area contributed by atoms with E-state index in [-0.39, 0.29) is 30.1 Å². The van der Waals surface area contributed by atoms with Crippen molar-refractivity contribution in [3.63, 3.8) is 0 Å². The Kier molecular flexibility index (Phi) is 4.66. The molecule has 0 spiro atoms. The molecule has 2 fully saturated rings. The summed E-state index contributed by atoms with van der Waals surface area (Å²) in [5.74, 6) is 0.242. The summed E-state index contributed by atoms with van der Waals surface area (Å²) in [5, 5.41) is 20.0. The molecular formula is C16H26N4O2. The van der Waals surface area contributed by atoms with Gasteiger partial charge in [0.2, 0.25) is 0 Å². The lowest BCUT2D eigenvalue weighted by molar-refractivity contribution is 0.0305. The van der Waals surface area contributed by atoms with Crippen molar-refractivity contribution in [1.82, 2.24) is 20.4 Å². The van der Waals surface area contributed by atoms with Crippen LogP contribution < -0.4 is 5.32 Å². The Morgan fingerprint density at radius 3 is 2.95 bits per heavy atom. The highest BCUT2D eigenvalue weighted by Gasteiger charge is 2.39. The highest BCUT2D eigenvalue weighted by atomic mass is 16.3. The lowest BCUT2D eigenvalue weighted by atomic mass is 9.80. The van der Waals surface area contributed by atoms with Crippen molar-refractivity contribution in [2.24, 2.45) is 5.92 Å². The van der Waals surface area contributed by atoms with Crippen molar-refractivity contribution in [2.45, 2.75) is 63.6 Å². The molecule has 1 saturated carbocycles. The van der Waals surface area contributed by atoms with Crippen LogP contribution in [-0.4, -0.2) is 44.9 Å². The van der Waals surface area contributed by atoms with Gasteiger partial charge < -0.3 is 15.3 Å². The molecular weight excluding hydrogens is 280 g/mol. The fourth-order valence-electron chi connectivity index (χ4n) is 3.93. The van der Waals surface area contributed by atoms with E-state index in [4.69, 9.17) is 0 Å². The van der Waals surface area contributed by atoms with Crippen molar-refractivity contribution in [2.75, 3.05) is 6.54 Å². The largest absolute Gasteiger partial charge is 0.393 e. The number of nitrogens with one attached hydrogen (secondary N) is 2. The van der Waals surface area contributed by atoms with Gasteiger partial charge in [0, 0.05) is 30.3 Å². The number of hydrogen-bond acceptors (Lipinski definition) is 3. The number of likely N-dealkylation sites (tertiary alicyclic amines) is 1. The Morgan fingerprint density at radius 2 is 2.23 bits per heavy atom. The van der Waals surface area contributed by atoms with E-state index in [2.05, 4.69) is 15.5 Å². The van der Waals surface area contributed by atoms with Gasteiger partial charge in [-0.25, -0.2) is 4.79 Å². The van der Waals surface area contributed by atoms with Crippen LogP contribution in [0.15, 0.2) is 12.4 Å². The van der Waals surface area contributed by atoms with Gasteiger partial charge in [0.15, 0.2) is 0 Å². The number of aromatic amines is 1. The predicted molar refractivity (Wildman–Crippen MR) is 83.2 cm³/mol. The monoisotopic (exact) mass is 306 g/mol. The average molecular weight is 306 g/mol. The lowest BCUT2D eigenvalue weighted by Crippen LogP contribution is -2.49. The maximum atomic E-state index is 12.6. The quantitative estimate of drug-likeness (QED) is 0.800. The molecule has 2 aliphatic rings. The highest BCUT2D eigenvalue weighted by Crippen LogP contribution is 2.34. The van der Waals surface area contributed by atoms with Crippen LogP contribution in [0.25, 0.3) is 0 Å². The number of aliphatic hydroxyl groups is 1. The molecule has 2 amide bonds. The molecule has 122 valence electrons. The van der Waals surface area contributed by atoms with Gasteiger partial charge in [-0.1, -0.05) is 12.8 Å². The summed E-state index contributed by atoms with van der Waals surface area (Å²) < 4.78 is 0. The van der Waals surface area contributed by atoms with Gasteiger partial charge in [-0.2, -0.15) is 5.10 Å². The van der Waals surface area contributed by atoms with Crippen molar-refractivity contribution >= 4 is 6.03 Å². The zero-order valence-corrected chi connectivity index (χ0v) is 13.2. The standard InChI is InChI=1S/C16H26N4O2/c1-11(12-9-17-18-10-12)19-16(22)20-8-4-6-14(20)13-5-2-3-7-15(13)21/h9-11,13-15,21H,2-8H2,1H3,(H,17,18)(H,19,22). The molecule has 1 aromatic heterocycles. The lowest BCUT2D eigenvalue weighted by Gasteiger charge is -2.37. The molecule has 0 radical (unpaired) electrons.